The monoisotopic (exact) mass is 414 g/mol. The van der Waals surface area contributed by atoms with E-state index < -0.39 is 17.6 Å². The van der Waals surface area contributed by atoms with Gasteiger partial charge in [0.2, 0.25) is 5.91 Å². The highest BCUT2D eigenvalue weighted by molar-refractivity contribution is 5.99. The standard InChI is InChI=1S/C22H30N4O4/c1-4-5-12-30-17-8-6-16(7-9-17)18-13-19-20(28)25(11-10-15(2)27)22(3,21(23)29)14-26(19)24-18/h6-9,13,15,27H,4-5,10-12,14H2,1-3H3,(H2,23,29). The molecule has 8 heteroatoms. The minimum absolute atomic E-state index is 0.168. The van der Waals surface area contributed by atoms with Gasteiger partial charge in [-0.25, -0.2) is 0 Å². The Morgan fingerprint density at radius 2 is 2.07 bits per heavy atom. The number of nitrogens with two attached hydrogens (primary N) is 1. The molecule has 2 atom stereocenters. The summed E-state index contributed by atoms with van der Waals surface area (Å²) in [5.41, 5.74) is 6.34. The molecule has 3 rings (SSSR count). The Balaban J connectivity index is 1.86. The minimum Gasteiger partial charge on any atom is -0.494 e. The van der Waals surface area contributed by atoms with Gasteiger partial charge >= 0.3 is 0 Å². The molecule has 8 nitrogen and oxygen atoms in total. The topological polar surface area (TPSA) is 111 Å². The van der Waals surface area contributed by atoms with Crippen LogP contribution in [0.5, 0.6) is 5.75 Å². The van der Waals surface area contributed by atoms with Gasteiger partial charge in [-0.05, 0) is 57.0 Å². The number of unbranched alkanes of at least 4 members (excludes halogenated alkanes) is 1. The van der Waals surface area contributed by atoms with Crippen molar-refractivity contribution in [3.8, 4) is 17.0 Å². The fourth-order valence-corrected chi connectivity index (χ4v) is 3.52. The first kappa shape index (κ1) is 21.8. The van der Waals surface area contributed by atoms with Gasteiger partial charge in [0.25, 0.3) is 5.91 Å². The number of amides is 2. The number of primary amides is 1. The molecular formula is C22H30N4O4. The van der Waals surface area contributed by atoms with Crippen LogP contribution in [-0.2, 0) is 11.3 Å². The summed E-state index contributed by atoms with van der Waals surface area (Å²) in [4.78, 5) is 26.8. The second-order valence-electron chi connectivity index (χ2n) is 8.03. The molecule has 0 saturated carbocycles. The Kier molecular flexibility index (Phi) is 6.45. The van der Waals surface area contributed by atoms with Gasteiger partial charge in [-0.15, -0.1) is 0 Å². The third-order valence-corrected chi connectivity index (χ3v) is 5.52. The van der Waals surface area contributed by atoms with Gasteiger partial charge in [-0.3, -0.25) is 14.3 Å². The van der Waals surface area contributed by atoms with E-state index in [-0.39, 0.29) is 19.0 Å². The largest absolute Gasteiger partial charge is 0.494 e. The minimum atomic E-state index is -1.21. The van der Waals surface area contributed by atoms with Gasteiger partial charge in [0.05, 0.1) is 24.9 Å². The molecule has 30 heavy (non-hydrogen) atoms. The van der Waals surface area contributed by atoms with Gasteiger partial charge in [0.15, 0.2) is 0 Å². The van der Waals surface area contributed by atoms with E-state index in [4.69, 9.17) is 10.5 Å². The fraction of sp³-hybridized carbons (Fsp3) is 0.500. The number of benzene rings is 1. The van der Waals surface area contributed by atoms with E-state index in [2.05, 4.69) is 12.0 Å². The highest BCUT2D eigenvalue weighted by atomic mass is 16.5. The maximum atomic E-state index is 13.2. The van der Waals surface area contributed by atoms with E-state index in [9.17, 15) is 14.7 Å². The molecule has 3 N–H and O–H groups in total. The first-order valence-corrected chi connectivity index (χ1v) is 10.4. The zero-order valence-corrected chi connectivity index (χ0v) is 17.8. The van der Waals surface area contributed by atoms with E-state index in [1.54, 1.807) is 24.6 Å². The van der Waals surface area contributed by atoms with Gasteiger partial charge in [0.1, 0.15) is 17.0 Å². The molecule has 2 amide bonds. The van der Waals surface area contributed by atoms with Crippen molar-refractivity contribution in [1.82, 2.24) is 14.7 Å². The number of rotatable bonds is 9. The summed E-state index contributed by atoms with van der Waals surface area (Å²) in [5.74, 6) is -0.128. The highest BCUT2D eigenvalue weighted by Gasteiger charge is 2.46. The lowest BCUT2D eigenvalue weighted by Crippen LogP contribution is -2.63. The van der Waals surface area contributed by atoms with E-state index in [0.29, 0.717) is 24.4 Å². The molecule has 0 saturated heterocycles. The highest BCUT2D eigenvalue weighted by Crippen LogP contribution is 2.30. The van der Waals surface area contributed by atoms with Crippen molar-refractivity contribution in [1.29, 1.82) is 0 Å². The van der Waals surface area contributed by atoms with Crippen LogP contribution in [-0.4, -0.2) is 56.4 Å². The number of aliphatic hydroxyl groups excluding tert-OH is 1. The first-order valence-electron chi connectivity index (χ1n) is 10.4. The van der Waals surface area contributed by atoms with Crippen LogP contribution >= 0.6 is 0 Å². The molecule has 0 aliphatic carbocycles. The predicted octanol–water partition coefficient (Wildman–Crippen LogP) is 2.20. The number of ether oxygens (including phenoxy) is 1. The molecule has 1 aliphatic rings. The van der Waals surface area contributed by atoms with E-state index >= 15 is 0 Å². The van der Waals surface area contributed by atoms with Gasteiger partial charge in [-0.1, -0.05) is 13.3 Å². The number of carbonyl (C=O) groups is 2. The number of hydrogen-bond donors (Lipinski definition) is 2. The lowest BCUT2D eigenvalue weighted by atomic mass is 9.95. The van der Waals surface area contributed by atoms with Crippen LogP contribution in [0.1, 0.15) is 50.5 Å². The Bertz CT molecular complexity index is 906. The van der Waals surface area contributed by atoms with Crippen LogP contribution in [0.2, 0.25) is 0 Å². The molecule has 1 aromatic carbocycles. The molecule has 162 valence electrons. The average molecular weight is 415 g/mol. The van der Waals surface area contributed by atoms with Crippen LogP contribution in [0.4, 0.5) is 0 Å². The van der Waals surface area contributed by atoms with Crippen molar-refractivity contribution < 1.29 is 19.4 Å². The molecular weight excluding hydrogens is 384 g/mol. The summed E-state index contributed by atoms with van der Waals surface area (Å²) >= 11 is 0. The molecule has 0 spiro atoms. The van der Waals surface area contributed by atoms with Gasteiger partial charge < -0.3 is 20.5 Å². The van der Waals surface area contributed by atoms with Crippen molar-refractivity contribution in [2.24, 2.45) is 5.73 Å². The first-order chi connectivity index (χ1) is 14.3. The summed E-state index contributed by atoms with van der Waals surface area (Å²) in [6, 6.07) is 9.30. The lowest BCUT2D eigenvalue weighted by molar-refractivity contribution is -0.129. The van der Waals surface area contributed by atoms with Crippen LogP contribution in [0.25, 0.3) is 11.3 Å². The normalized spacial score (nSPS) is 19.5. The quantitative estimate of drug-likeness (QED) is 0.611. The third-order valence-electron chi connectivity index (χ3n) is 5.52. The SMILES string of the molecule is CCCCOc1ccc(-c2cc3n(n2)CC(C)(C(N)=O)N(CCC(C)O)C3=O)cc1. The Labute approximate surface area is 176 Å². The number of carbonyl (C=O) groups excluding carboxylic acids is 2. The zero-order valence-electron chi connectivity index (χ0n) is 17.8. The Morgan fingerprint density at radius 1 is 1.37 bits per heavy atom. The third kappa shape index (κ3) is 4.33. The van der Waals surface area contributed by atoms with Crippen LogP contribution in [0.15, 0.2) is 30.3 Å². The Morgan fingerprint density at radius 3 is 2.67 bits per heavy atom. The molecule has 2 heterocycles. The Hall–Kier alpha value is -2.87. The van der Waals surface area contributed by atoms with E-state index in [0.717, 1.165) is 24.2 Å². The van der Waals surface area contributed by atoms with Crippen LogP contribution < -0.4 is 10.5 Å². The second-order valence-corrected chi connectivity index (χ2v) is 8.03. The van der Waals surface area contributed by atoms with Gasteiger partial charge in [-0.2, -0.15) is 5.10 Å². The fourth-order valence-electron chi connectivity index (χ4n) is 3.52. The summed E-state index contributed by atoms with van der Waals surface area (Å²) in [7, 11) is 0. The molecule has 0 bridgehead atoms. The van der Waals surface area contributed by atoms with E-state index in [1.165, 1.54) is 4.90 Å². The number of aliphatic hydroxyl groups is 1. The molecule has 2 unspecified atom stereocenters. The molecule has 0 fully saturated rings. The number of nitrogens with zero attached hydrogens (tertiary/aromatic N) is 3. The lowest BCUT2D eigenvalue weighted by Gasteiger charge is -2.42. The average Bonchev–Trinajstić information content (AvgIpc) is 3.12. The predicted molar refractivity (Wildman–Crippen MR) is 113 cm³/mol. The van der Waals surface area contributed by atoms with Gasteiger partial charge in [0, 0.05) is 12.1 Å². The molecule has 2 aromatic rings. The summed E-state index contributed by atoms with van der Waals surface area (Å²) in [6.07, 6.45) is 1.84. The van der Waals surface area contributed by atoms with Crippen molar-refractivity contribution in [2.75, 3.05) is 13.2 Å². The molecule has 0 radical (unpaired) electrons. The number of hydrogen-bond acceptors (Lipinski definition) is 5. The maximum absolute atomic E-state index is 13.2. The number of fused-ring (bicyclic) bond motifs is 1. The van der Waals surface area contributed by atoms with E-state index in [1.807, 2.05) is 24.3 Å². The number of aromatic nitrogens is 2. The van der Waals surface area contributed by atoms with Crippen molar-refractivity contribution in [3.63, 3.8) is 0 Å². The second kappa shape index (κ2) is 8.87. The molecule has 1 aliphatic heterocycles. The van der Waals surface area contributed by atoms with Crippen molar-refractivity contribution >= 4 is 11.8 Å². The zero-order chi connectivity index (χ0) is 21.9. The van der Waals surface area contributed by atoms with Crippen molar-refractivity contribution in [2.45, 2.75) is 58.2 Å². The van der Waals surface area contributed by atoms with Crippen LogP contribution in [0.3, 0.4) is 0 Å². The summed E-state index contributed by atoms with van der Waals surface area (Å²) < 4.78 is 7.24. The van der Waals surface area contributed by atoms with Crippen LogP contribution in [0, 0.1) is 0 Å². The van der Waals surface area contributed by atoms with Crippen molar-refractivity contribution in [3.05, 3.63) is 36.0 Å². The maximum Gasteiger partial charge on any atom is 0.273 e. The summed E-state index contributed by atoms with van der Waals surface area (Å²) in [6.45, 7) is 6.48. The molecule has 1 aromatic heterocycles. The summed E-state index contributed by atoms with van der Waals surface area (Å²) in [5, 5.41) is 14.2. The smallest absolute Gasteiger partial charge is 0.273 e.